The number of phenolic OH excluding ortho intramolecular Hbond substituents is 1. The maximum atomic E-state index is 12.9. The molecule has 1 aliphatic carbocycles. The van der Waals surface area contributed by atoms with Crippen LogP contribution in [-0.4, -0.2) is 61.2 Å². The summed E-state index contributed by atoms with van der Waals surface area (Å²) in [7, 11) is 5.70. The van der Waals surface area contributed by atoms with Gasteiger partial charge in [-0.3, -0.25) is 4.79 Å². The van der Waals surface area contributed by atoms with Crippen molar-refractivity contribution in [3.8, 4) is 11.5 Å². The van der Waals surface area contributed by atoms with Gasteiger partial charge in [0.1, 0.15) is 0 Å². The van der Waals surface area contributed by atoms with E-state index in [0.29, 0.717) is 24.1 Å². The molecule has 0 aliphatic heterocycles. The Balaban J connectivity index is 0.00000420. The summed E-state index contributed by atoms with van der Waals surface area (Å²) >= 11 is 0. The number of carbonyl (C=O) groups excluding carboxylic acids is 1. The van der Waals surface area contributed by atoms with E-state index in [-0.39, 0.29) is 18.2 Å². The lowest BCUT2D eigenvalue weighted by atomic mass is 9.86. The number of phenols is 1. The minimum absolute atomic E-state index is 0. The summed E-state index contributed by atoms with van der Waals surface area (Å²) in [5.41, 5.74) is 1.13. The molecule has 1 aromatic rings. The Morgan fingerprint density at radius 2 is 1.83 bits per heavy atom. The molecule has 6 heteroatoms. The highest BCUT2D eigenvalue weighted by atomic mass is 35.5. The fourth-order valence-corrected chi connectivity index (χ4v) is 4.00. The first-order valence-electron chi connectivity index (χ1n) is 10.7. The standard InChI is InChI=1S/C23H38N2O3.ClH/c1-18-9-12-20(13-10-18)25(16-15-24(2)3)23(27)8-6-5-7-19-11-14-21(26)22(17-19)28-4;/h11,14,17-18,20,26H,5-10,12-13,15-16H2,1-4H3;1H. The second-order valence-corrected chi connectivity index (χ2v) is 8.52. The molecule has 0 saturated heterocycles. The minimum Gasteiger partial charge on any atom is -0.504 e. The number of amides is 1. The van der Waals surface area contributed by atoms with Crippen LogP contribution in [0, 0.1) is 5.92 Å². The van der Waals surface area contributed by atoms with Gasteiger partial charge >= 0.3 is 0 Å². The van der Waals surface area contributed by atoms with Crippen LogP contribution < -0.4 is 4.74 Å². The molecule has 1 aromatic carbocycles. The number of hydrogen-bond acceptors (Lipinski definition) is 4. The molecule has 1 N–H and O–H groups in total. The molecule has 0 bridgehead atoms. The fourth-order valence-electron chi connectivity index (χ4n) is 4.00. The zero-order chi connectivity index (χ0) is 20.5. The summed E-state index contributed by atoms with van der Waals surface area (Å²) in [4.78, 5) is 17.3. The Bertz CT molecular complexity index is 616. The number of aromatic hydroxyl groups is 1. The van der Waals surface area contributed by atoms with Crippen molar-refractivity contribution < 1.29 is 14.6 Å². The molecular formula is C23H39ClN2O3. The van der Waals surface area contributed by atoms with Crippen LogP contribution in [-0.2, 0) is 11.2 Å². The van der Waals surface area contributed by atoms with E-state index in [1.165, 1.54) is 12.8 Å². The molecule has 0 spiro atoms. The number of nitrogens with zero attached hydrogens (tertiary/aromatic N) is 2. The Morgan fingerprint density at radius 3 is 2.45 bits per heavy atom. The molecule has 1 aliphatic rings. The van der Waals surface area contributed by atoms with E-state index in [4.69, 9.17) is 4.74 Å². The molecular weight excluding hydrogens is 388 g/mol. The summed E-state index contributed by atoms with van der Waals surface area (Å²) in [6, 6.07) is 5.90. The average Bonchev–Trinajstić information content (AvgIpc) is 2.67. The summed E-state index contributed by atoms with van der Waals surface area (Å²) in [5, 5.41) is 9.69. The van der Waals surface area contributed by atoms with E-state index in [1.807, 2.05) is 12.1 Å². The van der Waals surface area contributed by atoms with E-state index in [0.717, 1.165) is 56.7 Å². The number of likely N-dealkylation sites (N-methyl/N-ethyl adjacent to an activating group) is 1. The molecule has 5 nitrogen and oxygen atoms in total. The highest BCUT2D eigenvalue weighted by molar-refractivity contribution is 5.85. The number of aryl methyl sites for hydroxylation is 1. The molecule has 0 heterocycles. The van der Waals surface area contributed by atoms with Crippen molar-refractivity contribution in [3.05, 3.63) is 23.8 Å². The average molecular weight is 427 g/mol. The van der Waals surface area contributed by atoms with Gasteiger partial charge in [-0.05, 0) is 82.7 Å². The second-order valence-electron chi connectivity index (χ2n) is 8.52. The van der Waals surface area contributed by atoms with E-state index >= 15 is 0 Å². The summed E-state index contributed by atoms with van der Waals surface area (Å²) in [5.74, 6) is 1.78. The first-order chi connectivity index (χ1) is 13.4. The predicted molar refractivity (Wildman–Crippen MR) is 121 cm³/mol. The van der Waals surface area contributed by atoms with Crippen LogP contribution in [0.3, 0.4) is 0 Å². The smallest absolute Gasteiger partial charge is 0.222 e. The van der Waals surface area contributed by atoms with Gasteiger partial charge in [0.25, 0.3) is 0 Å². The fraction of sp³-hybridized carbons (Fsp3) is 0.696. The lowest BCUT2D eigenvalue weighted by molar-refractivity contribution is -0.134. The highest BCUT2D eigenvalue weighted by Crippen LogP contribution is 2.28. The Morgan fingerprint density at radius 1 is 1.14 bits per heavy atom. The molecule has 1 saturated carbocycles. The largest absolute Gasteiger partial charge is 0.504 e. The maximum absolute atomic E-state index is 12.9. The molecule has 0 atom stereocenters. The predicted octanol–water partition coefficient (Wildman–Crippen LogP) is 4.50. The van der Waals surface area contributed by atoms with E-state index < -0.39 is 0 Å². The SMILES string of the molecule is COc1cc(CCCCC(=O)N(CCN(C)C)C2CCC(C)CC2)ccc1O.Cl. The lowest BCUT2D eigenvalue weighted by Gasteiger charge is -2.37. The number of halogens is 1. The van der Waals surface area contributed by atoms with E-state index in [9.17, 15) is 9.90 Å². The lowest BCUT2D eigenvalue weighted by Crippen LogP contribution is -2.45. The minimum atomic E-state index is 0. The number of methoxy groups -OCH3 is 1. The van der Waals surface area contributed by atoms with Crippen LogP contribution in [0.25, 0.3) is 0 Å². The number of unbranched alkanes of at least 4 members (excludes halogenated alkanes) is 1. The van der Waals surface area contributed by atoms with Gasteiger partial charge in [0, 0.05) is 25.6 Å². The number of carbonyl (C=O) groups is 1. The van der Waals surface area contributed by atoms with E-state index in [2.05, 4.69) is 30.8 Å². The molecule has 0 radical (unpaired) electrons. The number of hydrogen-bond donors (Lipinski definition) is 1. The van der Waals surface area contributed by atoms with Crippen molar-refractivity contribution in [1.29, 1.82) is 0 Å². The maximum Gasteiger partial charge on any atom is 0.222 e. The van der Waals surface area contributed by atoms with Crippen LogP contribution in [0.15, 0.2) is 18.2 Å². The summed E-state index contributed by atoms with van der Waals surface area (Å²) < 4.78 is 5.17. The van der Waals surface area contributed by atoms with Crippen LogP contribution >= 0.6 is 12.4 Å². The van der Waals surface area contributed by atoms with Crippen molar-refractivity contribution in [2.75, 3.05) is 34.3 Å². The number of ether oxygens (including phenoxy) is 1. The highest BCUT2D eigenvalue weighted by Gasteiger charge is 2.27. The van der Waals surface area contributed by atoms with E-state index in [1.54, 1.807) is 13.2 Å². The van der Waals surface area contributed by atoms with Crippen molar-refractivity contribution in [2.24, 2.45) is 5.92 Å². The van der Waals surface area contributed by atoms with Gasteiger partial charge < -0.3 is 19.6 Å². The Hall–Kier alpha value is -1.46. The first kappa shape index (κ1) is 25.6. The number of benzene rings is 1. The second kappa shape index (κ2) is 13.0. The monoisotopic (exact) mass is 426 g/mol. The first-order valence-corrected chi connectivity index (χ1v) is 10.7. The van der Waals surface area contributed by atoms with Gasteiger partial charge in [0.15, 0.2) is 11.5 Å². The van der Waals surface area contributed by atoms with Gasteiger partial charge in [-0.15, -0.1) is 12.4 Å². The van der Waals surface area contributed by atoms with Gasteiger partial charge in [0.2, 0.25) is 5.91 Å². The third-order valence-corrected chi connectivity index (χ3v) is 5.88. The van der Waals surface area contributed by atoms with Crippen LogP contribution in [0.4, 0.5) is 0 Å². The Kier molecular flexibility index (Phi) is 11.4. The van der Waals surface area contributed by atoms with Gasteiger partial charge in [-0.1, -0.05) is 13.0 Å². The Labute approximate surface area is 182 Å². The third-order valence-electron chi connectivity index (χ3n) is 5.88. The van der Waals surface area contributed by atoms with Crippen molar-refractivity contribution >= 4 is 18.3 Å². The van der Waals surface area contributed by atoms with Crippen molar-refractivity contribution in [3.63, 3.8) is 0 Å². The zero-order valence-corrected chi connectivity index (χ0v) is 19.3. The molecule has 1 fully saturated rings. The molecule has 166 valence electrons. The molecule has 2 rings (SSSR count). The molecule has 0 unspecified atom stereocenters. The molecule has 0 aromatic heterocycles. The van der Waals surface area contributed by atoms with Crippen LogP contribution in [0.1, 0.15) is 57.4 Å². The number of rotatable bonds is 10. The summed E-state index contributed by atoms with van der Waals surface area (Å²) in [6.45, 7) is 4.08. The third kappa shape index (κ3) is 8.43. The zero-order valence-electron chi connectivity index (χ0n) is 18.5. The van der Waals surface area contributed by atoms with Crippen LogP contribution in [0.2, 0.25) is 0 Å². The van der Waals surface area contributed by atoms with Crippen molar-refractivity contribution in [2.45, 2.75) is 64.3 Å². The van der Waals surface area contributed by atoms with Gasteiger partial charge in [0.05, 0.1) is 7.11 Å². The summed E-state index contributed by atoms with van der Waals surface area (Å²) in [6.07, 6.45) is 8.13. The quantitative estimate of drug-likeness (QED) is 0.559. The van der Waals surface area contributed by atoms with Gasteiger partial charge in [-0.2, -0.15) is 0 Å². The van der Waals surface area contributed by atoms with Gasteiger partial charge in [-0.25, -0.2) is 0 Å². The normalized spacial score (nSPS) is 18.9. The topological polar surface area (TPSA) is 53.0 Å². The van der Waals surface area contributed by atoms with Crippen LogP contribution in [0.5, 0.6) is 11.5 Å². The molecule has 1 amide bonds. The van der Waals surface area contributed by atoms with Crippen molar-refractivity contribution in [1.82, 2.24) is 9.80 Å². The molecule has 29 heavy (non-hydrogen) atoms.